The Morgan fingerprint density at radius 2 is 2.31 bits per heavy atom. The molecule has 0 radical (unpaired) electrons. The zero-order valence-corrected chi connectivity index (χ0v) is 7.64. The van der Waals surface area contributed by atoms with Crippen molar-refractivity contribution in [2.24, 2.45) is 11.8 Å². The van der Waals surface area contributed by atoms with Gasteiger partial charge in [-0.2, -0.15) is 0 Å². The van der Waals surface area contributed by atoms with Crippen LogP contribution in [0.25, 0.3) is 0 Å². The lowest BCUT2D eigenvalue weighted by molar-refractivity contribution is -0.159. The van der Waals surface area contributed by atoms with Crippen molar-refractivity contribution >= 4 is 5.97 Å². The zero-order chi connectivity index (χ0) is 9.42. The molecular weight excluding hydrogens is 168 g/mol. The Morgan fingerprint density at radius 3 is 2.77 bits per heavy atom. The van der Waals surface area contributed by atoms with Gasteiger partial charge in [0, 0.05) is 5.92 Å². The van der Waals surface area contributed by atoms with Crippen LogP contribution in [-0.2, 0) is 9.53 Å². The number of allylic oxidation sites excluding steroid dienone is 1. The SMILES string of the molecule is C[C@H](O)C(=O)OC1CC2C=CC1C2. The predicted molar refractivity (Wildman–Crippen MR) is 46.9 cm³/mol. The smallest absolute Gasteiger partial charge is 0.334 e. The normalized spacial score (nSPS) is 37.8. The molecule has 0 spiro atoms. The first-order chi connectivity index (χ1) is 6.16. The van der Waals surface area contributed by atoms with Crippen LogP contribution in [0.2, 0.25) is 0 Å². The van der Waals surface area contributed by atoms with Crippen LogP contribution in [0.3, 0.4) is 0 Å². The summed E-state index contributed by atoms with van der Waals surface area (Å²) in [6, 6.07) is 0. The third-order valence-corrected chi connectivity index (χ3v) is 2.83. The van der Waals surface area contributed by atoms with Crippen molar-refractivity contribution in [1.82, 2.24) is 0 Å². The molecule has 1 saturated carbocycles. The zero-order valence-electron chi connectivity index (χ0n) is 7.64. The maximum atomic E-state index is 11.1. The monoisotopic (exact) mass is 182 g/mol. The van der Waals surface area contributed by atoms with E-state index in [9.17, 15) is 4.79 Å². The summed E-state index contributed by atoms with van der Waals surface area (Å²) >= 11 is 0. The highest BCUT2D eigenvalue weighted by molar-refractivity contribution is 5.74. The van der Waals surface area contributed by atoms with Crippen molar-refractivity contribution in [2.45, 2.75) is 32.0 Å². The maximum absolute atomic E-state index is 11.1. The Kier molecular flexibility index (Phi) is 2.12. The van der Waals surface area contributed by atoms with Gasteiger partial charge in [0.2, 0.25) is 0 Å². The van der Waals surface area contributed by atoms with E-state index in [1.807, 2.05) is 0 Å². The van der Waals surface area contributed by atoms with Crippen LogP contribution in [0, 0.1) is 11.8 Å². The topological polar surface area (TPSA) is 46.5 Å². The van der Waals surface area contributed by atoms with Gasteiger partial charge in [-0.05, 0) is 25.7 Å². The highest BCUT2D eigenvalue weighted by Gasteiger charge is 2.38. The summed E-state index contributed by atoms with van der Waals surface area (Å²) in [5, 5.41) is 8.96. The Morgan fingerprint density at radius 1 is 1.54 bits per heavy atom. The van der Waals surface area contributed by atoms with Gasteiger partial charge in [-0.1, -0.05) is 12.2 Å². The molecule has 1 fully saturated rings. The molecule has 0 saturated heterocycles. The van der Waals surface area contributed by atoms with E-state index in [1.54, 1.807) is 0 Å². The van der Waals surface area contributed by atoms with Crippen LogP contribution in [0.15, 0.2) is 12.2 Å². The molecule has 3 heteroatoms. The molecule has 4 atom stereocenters. The van der Waals surface area contributed by atoms with Crippen LogP contribution in [-0.4, -0.2) is 23.3 Å². The molecule has 1 N–H and O–H groups in total. The summed E-state index contributed by atoms with van der Waals surface area (Å²) in [6.07, 6.45) is 5.36. The Labute approximate surface area is 77.4 Å². The number of esters is 1. The van der Waals surface area contributed by atoms with Crippen molar-refractivity contribution in [2.75, 3.05) is 0 Å². The van der Waals surface area contributed by atoms with Crippen molar-refractivity contribution in [3.8, 4) is 0 Å². The fourth-order valence-electron chi connectivity index (χ4n) is 2.11. The van der Waals surface area contributed by atoms with Crippen LogP contribution in [0.1, 0.15) is 19.8 Å². The van der Waals surface area contributed by atoms with E-state index in [2.05, 4.69) is 12.2 Å². The van der Waals surface area contributed by atoms with Gasteiger partial charge in [-0.15, -0.1) is 0 Å². The first-order valence-electron chi connectivity index (χ1n) is 4.73. The van der Waals surface area contributed by atoms with Crippen molar-refractivity contribution in [3.05, 3.63) is 12.2 Å². The van der Waals surface area contributed by atoms with E-state index in [4.69, 9.17) is 9.84 Å². The average Bonchev–Trinajstić information content (AvgIpc) is 2.64. The number of hydrogen-bond acceptors (Lipinski definition) is 3. The third kappa shape index (κ3) is 1.61. The molecule has 2 rings (SSSR count). The van der Waals surface area contributed by atoms with Crippen LogP contribution in [0.4, 0.5) is 0 Å². The van der Waals surface area contributed by atoms with Crippen LogP contribution in [0.5, 0.6) is 0 Å². The number of carbonyl (C=O) groups excluding carboxylic acids is 1. The second-order valence-electron chi connectivity index (χ2n) is 3.93. The molecular formula is C10H14O3. The Hall–Kier alpha value is -0.830. The molecule has 3 nitrogen and oxygen atoms in total. The highest BCUT2D eigenvalue weighted by Crippen LogP contribution is 2.40. The summed E-state index contributed by atoms with van der Waals surface area (Å²) in [4.78, 5) is 11.1. The number of carbonyl (C=O) groups is 1. The molecule has 2 aliphatic carbocycles. The van der Waals surface area contributed by atoms with Gasteiger partial charge in [0.05, 0.1) is 0 Å². The van der Waals surface area contributed by atoms with Crippen molar-refractivity contribution < 1.29 is 14.6 Å². The maximum Gasteiger partial charge on any atom is 0.334 e. The average molecular weight is 182 g/mol. The lowest BCUT2D eigenvalue weighted by Gasteiger charge is -2.19. The predicted octanol–water partition coefficient (Wildman–Crippen LogP) is 0.875. The van der Waals surface area contributed by atoms with Crippen molar-refractivity contribution in [1.29, 1.82) is 0 Å². The molecule has 2 bridgehead atoms. The summed E-state index contributed by atoms with van der Waals surface area (Å²) in [6.45, 7) is 1.44. The number of rotatable bonds is 2. The van der Waals surface area contributed by atoms with Gasteiger partial charge in [0.15, 0.2) is 0 Å². The summed E-state index contributed by atoms with van der Waals surface area (Å²) < 4.78 is 5.17. The standard InChI is InChI=1S/C10H14O3/c1-6(11)10(12)13-9-5-7-2-3-8(9)4-7/h2-3,6-9,11H,4-5H2,1H3/t6-,7?,8?,9?/m0/s1. The first-order valence-corrected chi connectivity index (χ1v) is 4.73. The van der Waals surface area contributed by atoms with Crippen LogP contribution < -0.4 is 0 Å². The Balaban J connectivity index is 1.90. The number of aliphatic hydroxyl groups excluding tert-OH is 1. The minimum absolute atomic E-state index is 0.0112. The van der Waals surface area contributed by atoms with E-state index in [-0.39, 0.29) is 6.10 Å². The molecule has 2 aliphatic rings. The molecule has 0 aromatic rings. The third-order valence-electron chi connectivity index (χ3n) is 2.83. The van der Waals surface area contributed by atoms with Crippen LogP contribution >= 0.6 is 0 Å². The quantitative estimate of drug-likeness (QED) is 0.509. The van der Waals surface area contributed by atoms with Gasteiger partial charge in [0.25, 0.3) is 0 Å². The van der Waals surface area contributed by atoms with Crippen molar-refractivity contribution in [3.63, 3.8) is 0 Å². The second-order valence-corrected chi connectivity index (χ2v) is 3.93. The molecule has 3 unspecified atom stereocenters. The van der Waals surface area contributed by atoms with E-state index < -0.39 is 12.1 Å². The van der Waals surface area contributed by atoms with Gasteiger partial charge in [-0.25, -0.2) is 4.79 Å². The van der Waals surface area contributed by atoms with E-state index >= 15 is 0 Å². The lowest BCUT2D eigenvalue weighted by Crippen LogP contribution is -2.28. The largest absolute Gasteiger partial charge is 0.460 e. The number of hydrogen-bond donors (Lipinski definition) is 1. The minimum atomic E-state index is -0.997. The Bertz CT molecular complexity index is 245. The minimum Gasteiger partial charge on any atom is -0.460 e. The molecule has 0 amide bonds. The van der Waals surface area contributed by atoms with Gasteiger partial charge in [-0.3, -0.25) is 0 Å². The fraction of sp³-hybridized carbons (Fsp3) is 0.700. The number of ether oxygens (including phenoxy) is 1. The molecule has 72 valence electrons. The number of aliphatic hydroxyl groups is 1. The van der Waals surface area contributed by atoms with Gasteiger partial charge < -0.3 is 9.84 Å². The number of fused-ring (bicyclic) bond motifs is 2. The van der Waals surface area contributed by atoms with Gasteiger partial charge >= 0.3 is 5.97 Å². The summed E-state index contributed by atoms with van der Waals surface area (Å²) in [5.41, 5.74) is 0. The van der Waals surface area contributed by atoms with E-state index in [1.165, 1.54) is 6.92 Å². The van der Waals surface area contributed by atoms with E-state index in [0.717, 1.165) is 12.8 Å². The molecule has 0 aliphatic heterocycles. The lowest BCUT2D eigenvalue weighted by atomic mass is 10.0. The summed E-state index contributed by atoms with van der Waals surface area (Å²) in [7, 11) is 0. The second kappa shape index (κ2) is 3.14. The first kappa shape index (κ1) is 8.75. The summed E-state index contributed by atoms with van der Waals surface area (Å²) in [5.74, 6) is 0.496. The molecule has 13 heavy (non-hydrogen) atoms. The highest BCUT2D eigenvalue weighted by atomic mass is 16.6. The fourth-order valence-corrected chi connectivity index (χ4v) is 2.11. The van der Waals surface area contributed by atoms with E-state index in [0.29, 0.717) is 11.8 Å². The molecule has 0 heterocycles. The molecule has 0 aromatic heterocycles. The molecule has 0 aromatic carbocycles. The van der Waals surface area contributed by atoms with Gasteiger partial charge in [0.1, 0.15) is 12.2 Å².